The summed E-state index contributed by atoms with van der Waals surface area (Å²) in [6.45, 7) is 2.25. The highest BCUT2D eigenvalue weighted by atomic mass is 35.5. The molecule has 1 atom stereocenters. The average Bonchev–Trinajstić information content (AvgIpc) is 2.66. The van der Waals surface area contributed by atoms with Crippen LogP contribution in [-0.4, -0.2) is 31.2 Å². The molecule has 0 spiro atoms. The van der Waals surface area contributed by atoms with Gasteiger partial charge in [0.25, 0.3) is 5.91 Å². The third kappa shape index (κ3) is 5.01. The third-order valence-electron chi connectivity index (χ3n) is 3.79. The predicted molar refractivity (Wildman–Crippen MR) is 102 cm³/mol. The van der Waals surface area contributed by atoms with Gasteiger partial charge in [-0.1, -0.05) is 17.7 Å². The summed E-state index contributed by atoms with van der Waals surface area (Å²) in [5.41, 5.74) is 0.887. The summed E-state index contributed by atoms with van der Waals surface area (Å²) in [6.07, 6.45) is 1.60. The third-order valence-corrected chi connectivity index (χ3v) is 4.07. The fourth-order valence-corrected chi connectivity index (χ4v) is 2.74. The van der Waals surface area contributed by atoms with Crippen LogP contribution >= 0.6 is 11.6 Å². The predicted octanol–water partition coefficient (Wildman–Crippen LogP) is 3.83. The molecular formula is C20H17ClFNO5. The zero-order valence-electron chi connectivity index (χ0n) is 14.9. The molecular weight excluding hydrogens is 389 g/mol. The van der Waals surface area contributed by atoms with Crippen LogP contribution in [0.4, 0.5) is 10.1 Å². The molecule has 1 aliphatic heterocycles. The van der Waals surface area contributed by atoms with Gasteiger partial charge in [0.15, 0.2) is 17.6 Å². The Morgan fingerprint density at radius 2 is 2.04 bits per heavy atom. The van der Waals surface area contributed by atoms with Gasteiger partial charge < -0.3 is 19.5 Å². The fraction of sp³-hybridized carbons (Fsp3) is 0.200. The monoisotopic (exact) mass is 405 g/mol. The van der Waals surface area contributed by atoms with Crippen LogP contribution in [0.2, 0.25) is 5.02 Å². The molecule has 146 valence electrons. The lowest BCUT2D eigenvalue weighted by Crippen LogP contribution is -2.29. The highest BCUT2D eigenvalue weighted by molar-refractivity contribution is 6.32. The number of hydrogen-bond donors (Lipinski definition) is 1. The summed E-state index contributed by atoms with van der Waals surface area (Å²) < 4.78 is 29.1. The maximum absolute atomic E-state index is 13.2. The van der Waals surface area contributed by atoms with Crippen LogP contribution < -0.4 is 14.8 Å². The summed E-state index contributed by atoms with van der Waals surface area (Å²) in [6, 6.07) is 8.72. The lowest BCUT2D eigenvalue weighted by molar-refractivity contribution is -0.148. The first-order valence-electron chi connectivity index (χ1n) is 8.46. The Morgan fingerprint density at radius 3 is 2.82 bits per heavy atom. The Labute approximate surface area is 165 Å². The van der Waals surface area contributed by atoms with Crippen molar-refractivity contribution in [1.82, 2.24) is 0 Å². The molecule has 0 saturated carbocycles. The van der Waals surface area contributed by atoms with E-state index in [4.69, 9.17) is 25.8 Å². The van der Waals surface area contributed by atoms with E-state index in [0.29, 0.717) is 35.3 Å². The van der Waals surface area contributed by atoms with Crippen molar-refractivity contribution in [3.63, 3.8) is 0 Å². The van der Waals surface area contributed by atoms with E-state index in [1.54, 1.807) is 12.1 Å². The molecule has 0 saturated heterocycles. The molecule has 2 aromatic rings. The molecule has 0 unspecified atom stereocenters. The second kappa shape index (κ2) is 8.75. The number of carbonyl (C=O) groups excluding carboxylic acids is 2. The molecule has 0 aliphatic carbocycles. The van der Waals surface area contributed by atoms with Crippen molar-refractivity contribution >= 4 is 35.2 Å². The first-order valence-corrected chi connectivity index (χ1v) is 8.84. The maximum atomic E-state index is 13.2. The lowest BCUT2D eigenvalue weighted by Gasteiger charge is -2.19. The molecule has 1 amide bonds. The lowest BCUT2D eigenvalue weighted by atomic mass is 10.2. The van der Waals surface area contributed by atoms with Gasteiger partial charge in [-0.2, -0.15) is 0 Å². The summed E-state index contributed by atoms with van der Waals surface area (Å²) >= 11 is 6.14. The Hall–Kier alpha value is -3.06. The summed E-state index contributed by atoms with van der Waals surface area (Å²) in [4.78, 5) is 24.0. The molecule has 28 heavy (non-hydrogen) atoms. The standard InChI is InChI=1S/C20H17ClFNO5/c1-12(20(25)23-15-4-2-3-14(22)11-15)28-18(24)6-5-13-9-16(21)19-17(10-13)26-7-8-27-19/h2-6,9-12H,7-8H2,1H3,(H,23,25)/b6-5+/t12-/m1/s1. The van der Waals surface area contributed by atoms with E-state index in [1.165, 1.54) is 37.3 Å². The number of nitrogens with one attached hydrogen (secondary N) is 1. The van der Waals surface area contributed by atoms with Crippen LogP contribution in [0.15, 0.2) is 42.5 Å². The second-order valence-corrected chi connectivity index (χ2v) is 6.35. The average molecular weight is 406 g/mol. The minimum atomic E-state index is -1.07. The van der Waals surface area contributed by atoms with E-state index in [-0.39, 0.29) is 5.69 Å². The number of hydrogen-bond acceptors (Lipinski definition) is 5. The van der Waals surface area contributed by atoms with E-state index < -0.39 is 23.8 Å². The number of carbonyl (C=O) groups is 2. The van der Waals surface area contributed by atoms with Crippen LogP contribution in [0.3, 0.4) is 0 Å². The molecule has 1 heterocycles. The smallest absolute Gasteiger partial charge is 0.331 e. The van der Waals surface area contributed by atoms with Gasteiger partial charge in [0.1, 0.15) is 19.0 Å². The van der Waals surface area contributed by atoms with Gasteiger partial charge in [-0.25, -0.2) is 9.18 Å². The van der Waals surface area contributed by atoms with Gasteiger partial charge in [0.05, 0.1) is 5.02 Å². The zero-order valence-corrected chi connectivity index (χ0v) is 15.7. The van der Waals surface area contributed by atoms with Crippen molar-refractivity contribution in [3.8, 4) is 11.5 Å². The van der Waals surface area contributed by atoms with E-state index in [9.17, 15) is 14.0 Å². The molecule has 0 fully saturated rings. The molecule has 8 heteroatoms. The van der Waals surface area contributed by atoms with Crippen LogP contribution in [0, 0.1) is 5.82 Å². The molecule has 1 aliphatic rings. The Morgan fingerprint density at radius 1 is 1.25 bits per heavy atom. The summed E-state index contributed by atoms with van der Waals surface area (Å²) in [7, 11) is 0. The van der Waals surface area contributed by atoms with Gasteiger partial charge in [0, 0.05) is 11.8 Å². The topological polar surface area (TPSA) is 73.9 Å². The second-order valence-electron chi connectivity index (χ2n) is 5.94. The van der Waals surface area contributed by atoms with Gasteiger partial charge in [-0.3, -0.25) is 4.79 Å². The van der Waals surface area contributed by atoms with Crippen LogP contribution in [0.5, 0.6) is 11.5 Å². The maximum Gasteiger partial charge on any atom is 0.331 e. The van der Waals surface area contributed by atoms with Crippen LogP contribution in [-0.2, 0) is 14.3 Å². The number of esters is 1. The summed E-state index contributed by atoms with van der Waals surface area (Å²) in [5, 5.41) is 2.84. The highest BCUT2D eigenvalue weighted by Gasteiger charge is 2.18. The summed E-state index contributed by atoms with van der Waals surface area (Å²) in [5.74, 6) is -0.809. The minimum Gasteiger partial charge on any atom is -0.486 e. The number of halogens is 2. The van der Waals surface area contributed by atoms with Crippen molar-refractivity contribution in [2.75, 3.05) is 18.5 Å². The molecule has 6 nitrogen and oxygen atoms in total. The first-order chi connectivity index (χ1) is 13.4. The molecule has 3 rings (SSSR count). The van der Waals surface area contributed by atoms with Gasteiger partial charge in [-0.05, 0) is 48.9 Å². The number of fused-ring (bicyclic) bond motifs is 1. The minimum absolute atomic E-state index is 0.273. The first kappa shape index (κ1) is 19.7. The number of amides is 1. The molecule has 0 bridgehead atoms. The molecule has 2 aromatic carbocycles. The van der Waals surface area contributed by atoms with Gasteiger partial charge in [-0.15, -0.1) is 0 Å². The van der Waals surface area contributed by atoms with E-state index in [2.05, 4.69) is 5.32 Å². The van der Waals surface area contributed by atoms with Crippen molar-refractivity contribution in [3.05, 3.63) is 58.9 Å². The largest absolute Gasteiger partial charge is 0.486 e. The van der Waals surface area contributed by atoms with Gasteiger partial charge >= 0.3 is 5.97 Å². The Bertz CT molecular complexity index is 931. The van der Waals surface area contributed by atoms with Gasteiger partial charge in [0.2, 0.25) is 0 Å². The zero-order chi connectivity index (χ0) is 20.1. The number of ether oxygens (including phenoxy) is 3. The number of anilines is 1. The number of rotatable bonds is 5. The Kier molecular flexibility index (Phi) is 6.16. The quantitative estimate of drug-likeness (QED) is 0.604. The molecule has 0 aromatic heterocycles. The highest BCUT2D eigenvalue weighted by Crippen LogP contribution is 2.38. The van der Waals surface area contributed by atoms with Crippen molar-refractivity contribution in [1.29, 1.82) is 0 Å². The van der Waals surface area contributed by atoms with Crippen molar-refractivity contribution in [2.45, 2.75) is 13.0 Å². The van der Waals surface area contributed by atoms with E-state index in [1.807, 2.05) is 0 Å². The van der Waals surface area contributed by atoms with E-state index in [0.717, 1.165) is 6.07 Å². The normalized spacial score (nSPS) is 13.8. The van der Waals surface area contributed by atoms with Crippen LogP contribution in [0.25, 0.3) is 6.08 Å². The van der Waals surface area contributed by atoms with Crippen molar-refractivity contribution in [2.24, 2.45) is 0 Å². The van der Waals surface area contributed by atoms with Crippen LogP contribution in [0.1, 0.15) is 12.5 Å². The SMILES string of the molecule is C[C@@H](OC(=O)/C=C/c1cc(Cl)c2c(c1)OCCO2)C(=O)Nc1cccc(F)c1. The molecule has 1 N–H and O–H groups in total. The Balaban J connectivity index is 1.58. The molecule has 0 radical (unpaired) electrons. The van der Waals surface area contributed by atoms with Crippen molar-refractivity contribution < 1.29 is 28.2 Å². The number of benzene rings is 2. The van der Waals surface area contributed by atoms with E-state index >= 15 is 0 Å². The fourth-order valence-electron chi connectivity index (χ4n) is 2.47.